The van der Waals surface area contributed by atoms with Crippen molar-refractivity contribution in [2.45, 2.75) is 26.8 Å². The fourth-order valence-corrected chi connectivity index (χ4v) is 1.91. The van der Waals surface area contributed by atoms with Gasteiger partial charge in [0.05, 0.1) is 18.3 Å². The van der Waals surface area contributed by atoms with E-state index in [0.29, 0.717) is 6.54 Å². The molecule has 1 N–H and O–H groups in total. The van der Waals surface area contributed by atoms with Gasteiger partial charge in [-0.2, -0.15) is 5.26 Å². The summed E-state index contributed by atoms with van der Waals surface area (Å²) in [7, 11) is 1.63. The molecule has 0 aliphatic heterocycles. The van der Waals surface area contributed by atoms with Crippen molar-refractivity contribution in [3.8, 4) is 6.07 Å². The zero-order valence-electron chi connectivity index (χ0n) is 12.8. The van der Waals surface area contributed by atoms with Gasteiger partial charge in [0.2, 0.25) is 5.91 Å². The number of nitriles is 1. The van der Waals surface area contributed by atoms with E-state index in [9.17, 15) is 9.59 Å². The van der Waals surface area contributed by atoms with Crippen LogP contribution in [-0.4, -0.2) is 36.3 Å². The van der Waals surface area contributed by atoms with Gasteiger partial charge >= 0.3 is 0 Å². The third-order valence-corrected chi connectivity index (χ3v) is 3.11. The maximum Gasteiger partial charge on any atom is 0.287 e. The molecular weight excluding hydrogens is 270 g/mol. The molecule has 1 aromatic heterocycles. The van der Waals surface area contributed by atoms with E-state index in [1.165, 1.54) is 11.2 Å². The highest BCUT2D eigenvalue weighted by molar-refractivity contribution is 5.95. The Morgan fingerprint density at radius 3 is 2.57 bits per heavy atom. The summed E-state index contributed by atoms with van der Waals surface area (Å²) >= 11 is 0. The zero-order valence-corrected chi connectivity index (χ0v) is 12.8. The minimum Gasteiger partial charge on any atom is -0.459 e. The maximum atomic E-state index is 12.4. The van der Waals surface area contributed by atoms with Gasteiger partial charge in [-0.05, 0) is 25.0 Å². The number of hydrogen-bond donors (Lipinski definition) is 1. The predicted molar refractivity (Wildman–Crippen MR) is 77.2 cm³/mol. The molecule has 0 fully saturated rings. The fourth-order valence-electron chi connectivity index (χ4n) is 1.91. The second-order valence-corrected chi connectivity index (χ2v) is 5.42. The van der Waals surface area contributed by atoms with Gasteiger partial charge in [-0.15, -0.1) is 0 Å². The maximum absolute atomic E-state index is 12.4. The molecule has 0 radical (unpaired) electrons. The van der Waals surface area contributed by atoms with Crippen LogP contribution >= 0.6 is 0 Å². The Hall–Kier alpha value is -2.29. The Morgan fingerprint density at radius 1 is 1.43 bits per heavy atom. The summed E-state index contributed by atoms with van der Waals surface area (Å²) in [4.78, 5) is 25.9. The average molecular weight is 291 g/mol. The number of rotatable bonds is 6. The summed E-state index contributed by atoms with van der Waals surface area (Å²) in [6.07, 6.45) is 1.40. The Balaban J connectivity index is 2.75. The number of amides is 2. The normalized spacial score (nSPS) is 13.3. The molecule has 21 heavy (non-hydrogen) atoms. The minimum atomic E-state index is -0.654. The van der Waals surface area contributed by atoms with Gasteiger partial charge in [-0.3, -0.25) is 9.59 Å². The van der Waals surface area contributed by atoms with E-state index in [1.807, 2.05) is 13.8 Å². The van der Waals surface area contributed by atoms with Gasteiger partial charge in [0, 0.05) is 13.6 Å². The van der Waals surface area contributed by atoms with Crippen molar-refractivity contribution in [1.82, 2.24) is 10.2 Å². The second kappa shape index (κ2) is 7.48. The number of furan rings is 1. The van der Waals surface area contributed by atoms with Gasteiger partial charge in [-0.25, -0.2) is 0 Å². The largest absolute Gasteiger partial charge is 0.459 e. The van der Waals surface area contributed by atoms with E-state index in [0.717, 1.165) is 0 Å². The molecule has 0 aliphatic carbocycles. The summed E-state index contributed by atoms with van der Waals surface area (Å²) < 4.78 is 5.02. The van der Waals surface area contributed by atoms with Crippen LogP contribution in [0.2, 0.25) is 0 Å². The monoisotopic (exact) mass is 291 g/mol. The molecule has 1 rings (SSSR count). The minimum absolute atomic E-state index is 0.0729. The Kier molecular flexibility index (Phi) is 5.97. The first-order valence-corrected chi connectivity index (χ1v) is 6.85. The number of hydrogen-bond acceptors (Lipinski definition) is 4. The first-order valence-electron chi connectivity index (χ1n) is 6.85. The first kappa shape index (κ1) is 16.8. The van der Waals surface area contributed by atoms with Gasteiger partial charge < -0.3 is 14.6 Å². The number of carbonyl (C=O) groups excluding carboxylic acids is 2. The van der Waals surface area contributed by atoms with Crippen LogP contribution in [0.1, 0.15) is 31.3 Å². The van der Waals surface area contributed by atoms with Crippen molar-refractivity contribution in [2.75, 3.05) is 13.6 Å². The smallest absolute Gasteiger partial charge is 0.287 e. The molecule has 0 saturated heterocycles. The molecule has 2 amide bonds. The van der Waals surface area contributed by atoms with Gasteiger partial charge in [0.15, 0.2) is 5.76 Å². The number of nitrogens with zero attached hydrogens (tertiary/aromatic N) is 2. The highest BCUT2D eigenvalue weighted by Gasteiger charge is 2.28. The standard InChI is InChI=1S/C15H21N3O3/c1-10(2)13(15(20)18(4)9-11(3)8-16)17-14(19)12-6-5-7-21-12/h5-7,10-11,13H,9H2,1-4H3,(H,17,19)/t11-,13-/m1/s1. The zero-order chi connectivity index (χ0) is 16.0. The van der Waals surface area contributed by atoms with E-state index in [1.54, 1.807) is 26.1 Å². The van der Waals surface area contributed by atoms with E-state index >= 15 is 0 Å². The third kappa shape index (κ3) is 4.63. The van der Waals surface area contributed by atoms with E-state index in [4.69, 9.17) is 9.68 Å². The Labute approximate surface area is 124 Å². The summed E-state index contributed by atoms with van der Waals surface area (Å²) in [5.74, 6) is -0.800. The van der Waals surface area contributed by atoms with Crippen LogP contribution in [0.4, 0.5) is 0 Å². The van der Waals surface area contributed by atoms with Crippen molar-refractivity contribution in [2.24, 2.45) is 11.8 Å². The summed E-state index contributed by atoms with van der Waals surface area (Å²) in [5, 5.41) is 11.5. The fraction of sp³-hybridized carbons (Fsp3) is 0.533. The molecule has 2 atom stereocenters. The van der Waals surface area contributed by atoms with Crippen LogP contribution in [0, 0.1) is 23.2 Å². The van der Waals surface area contributed by atoms with Crippen molar-refractivity contribution in [1.29, 1.82) is 5.26 Å². The third-order valence-electron chi connectivity index (χ3n) is 3.11. The van der Waals surface area contributed by atoms with Gasteiger partial charge in [0.1, 0.15) is 6.04 Å². The molecule has 6 nitrogen and oxygen atoms in total. The van der Waals surface area contributed by atoms with E-state index < -0.39 is 11.9 Å². The lowest BCUT2D eigenvalue weighted by Gasteiger charge is -2.27. The Bertz CT molecular complexity index is 517. The van der Waals surface area contributed by atoms with Crippen molar-refractivity contribution < 1.29 is 14.0 Å². The van der Waals surface area contributed by atoms with Crippen LogP contribution < -0.4 is 5.32 Å². The molecule has 1 aromatic rings. The summed E-state index contributed by atoms with van der Waals surface area (Å²) in [6.45, 7) is 5.78. The van der Waals surface area contributed by atoms with Crippen molar-refractivity contribution >= 4 is 11.8 Å². The molecule has 0 spiro atoms. The summed E-state index contributed by atoms with van der Waals surface area (Å²) in [6, 6.07) is 4.58. The average Bonchev–Trinajstić information content (AvgIpc) is 2.97. The molecule has 0 bridgehead atoms. The quantitative estimate of drug-likeness (QED) is 0.863. The SMILES string of the molecule is CC(C)[C@@H](NC(=O)c1ccco1)C(=O)N(C)C[C@H](C)C#N. The molecule has 114 valence electrons. The highest BCUT2D eigenvalue weighted by Crippen LogP contribution is 2.09. The highest BCUT2D eigenvalue weighted by atomic mass is 16.3. The molecule has 1 heterocycles. The molecule has 6 heteroatoms. The van der Waals surface area contributed by atoms with Gasteiger partial charge in [-0.1, -0.05) is 13.8 Å². The number of likely N-dealkylation sites (N-methyl/N-ethyl adjacent to an activating group) is 1. The van der Waals surface area contributed by atoms with Gasteiger partial charge in [0.25, 0.3) is 5.91 Å². The van der Waals surface area contributed by atoms with Crippen LogP contribution in [0.25, 0.3) is 0 Å². The van der Waals surface area contributed by atoms with Crippen LogP contribution in [0.3, 0.4) is 0 Å². The van der Waals surface area contributed by atoms with Crippen LogP contribution in [0.5, 0.6) is 0 Å². The first-order chi connectivity index (χ1) is 9.86. The van der Waals surface area contributed by atoms with E-state index in [2.05, 4.69) is 11.4 Å². The van der Waals surface area contributed by atoms with Crippen LogP contribution in [-0.2, 0) is 4.79 Å². The topological polar surface area (TPSA) is 86.3 Å². The number of carbonyl (C=O) groups is 2. The molecule has 0 unspecified atom stereocenters. The second-order valence-electron chi connectivity index (χ2n) is 5.42. The predicted octanol–water partition coefficient (Wildman–Crippen LogP) is 1.65. The Morgan fingerprint density at radius 2 is 2.10 bits per heavy atom. The van der Waals surface area contributed by atoms with Crippen molar-refractivity contribution in [3.05, 3.63) is 24.2 Å². The summed E-state index contributed by atoms with van der Waals surface area (Å²) in [5.41, 5.74) is 0. The molecule has 0 saturated carbocycles. The van der Waals surface area contributed by atoms with E-state index in [-0.39, 0.29) is 23.5 Å². The molecule has 0 aliphatic rings. The molecular formula is C15H21N3O3. The van der Waals surface area contributed by atoms with Crippen molar-refractivity contribution in [3.63, 3.8) is 0 Å². The molecule has 0 aromatic carbocycles. The number of nitrogens with one attached hydrogen (secondary N) is 1. The lowest BCUT2D eigenvalue weighted by atomic mass is 10.0. The van der Waals surface area contributed by atoms with Crippen LogP contribution in [0.15, 0.2) is 22.8 Å². The lowest BCUT2D eigenvalue weighted by Crippen LogP contribution is -2.50. The lowest BCUT2D eigenvalue weighted by molar-refractivity contribution is -0.133.